The van der Waals surface area contributed by atoms with Gasteiger partial charge in [-0.3, -0.25) is 9.89 Å². The van der Waals surface area contributed by atoms with E-state index in [4.69, 9.17) is 27.9 Å². The van der Waals surface area contributed by atoms with Crippen LogP contribution in [-0.2, 0) is 11.3 Å². The summed E-state index contributed by atoms with van der Waals surface area (Å²) in [5.41, 5.74) is 1.18. The molecule has 0 bridgehead atoms. The largest absolute Gasteiger partial charge is 0.379 e. The van der Waals surface area contributed by atoms with Crippen LogP contribution in [0.15, 0.2) is 23.2 Å². The molecule has 2 fully saturated rings. The summed E-state index contributed by atoms with van der Waals surface area (Å²) in [6, 6.07) is 5.55. The molecule has 1 aromatic rings. The molecule has 0 amide bonds. The Kier molecular flexibility index (Phi) is 9.78. The van der Waals surface area contributed by atoms with Gasteiger partial charge in [-0.15, -0.1) is 24.0 Å². The van der Waals surface area contributed by atoms with E-state index in [1.54, 1.807) is 13.1 Å². The molecule has 2 aliphatic rings. The van der Waals surface area contributed by atoms with Gasteiger partial charge < -0.3 is 15.4 Å². The van der Waals surface area contributed by atoms with E-state index >= 15 is 0 Å². The van der Waals surface area contributed by atoms with Crippen LogP contribution in [-0.4, -0.2) is 67.8 Å². The number of rotatable bonds is 5. The minimum absolute atomic E-state index is 0. The minimum atomic E-state index is 0. The number of aliphatic imine (C=N–C) groups is 1. The van der Waals surface area contributed by atoms with Gasteiger partial charge in [-0.25, -0.2) is 0 Å². The summed E-state index contributed by atoms with van der Waals surface area (Å²) in [7, 11) is 1.80. The third kappa shape index (κ3) is 6.27. The van der Waals surface area contributed by atoms with Crippen LogP contribution in [0.3, 0.4) is 0 Å². The fourth-order valence-electron chi connectivity index (χ4n) is 3.45. The lowest BCUT2D eigenvalue weighted by atomic mass is 9.95. The molecule has 0 aromatic heterocycles. The van der Waals surface area contributed by atoms with Gasteiger partial charge in [-0.2, -0.15) is 11.8 Å². The maximum absolute atomic E-state index is 6.25. The zero-order chi connectivity index (χ0) is 18.4. The molecule has 0 spiro atoms. The zero-order valence-electron chi connectivity index (χ0n) is 15.5. The van der Waals surface area contributed by atoms with E-state index in [0.717, 1.165) is 50.1 Å². The highest BCUT2D eigenvalue weighted by Gasteiger charge is 2.40. The molecule has 2 N–H and O–H groups in total. The first-order valence-corrected chi connectivity index (χ1v) is 10.8. The van der Waals surface area contributed by atoms with Crippen molar-refractivity contribution >= 4 is 64.9 Å². The standard InChI is InChI=1S/C18H26Cl2N4OS.HI/c1-21-17(22-11-14-2-3-15(19)10-16(14)20)23-12-18(4-9-26-13-18)24-5-7-25-8-6-24;/h2-3,10H,4-9,11-13H2,1H3,(H2,21,22,23);1H. The molecule has 2 aliphatic heterocycles. The Bertz CT molecular complexity index is 638. The summed E-state index contributed by atoms with van der Waals surface area (Å²) in [5.74, 6) is 3.16. The van der Waals surface area contributed by atoms with E-state index in [1.165, 1.54) is 12.2 Å². The second kappa shape index (κ2) is 11.3. The molecule has 2 saturated heterocycles. The summed E-state index contributed by atoms with van der Waals surface area (Å²) in [5, 5.41) is 8.19. The molecular formula is C18H27Cl2IN4OS. The van der Waals surface area contributed by atoms with Gasteiger partial charge >= 0.3 is 0 Å². The lowest BCUT2D eigenvalue weighted by Crippen LogP contribution is -2.60. The molecular weight excluding hydrogens is 518 g/mol. The minimum Gasteiger partial charge on any atom is -0.379 e. The smallest absolute Gasteiger partial charge is 0.191 e. The Balaban J connectivity index is 0.00000261. The Labute approximate surface area is 193 Å². The number of hydrogen-bond donors (Lipinski definition) is 2. The number of thioether (sulfide) groups is 1. The summed E-state index contributed by atoms with van der Waals surface area (Å²) < 4.78 is 5.53. The third-order valence-electron chi connectivity index (χ3n) is 5.03. The van der Waals surface area contributed by atoms with Gasteiger partial charge in [0.05, 0.1) is 13.2 Å². The van der Waals surface area contributed by atoms with Crippen LogP contribution in [0.25, 0.3) is 0 Å². The maximum atomic E-state index is 6.25. The van der Waals surface area contributed by atoms with Crippen molar-refractivity contribution in [2.45, 2.75) is 18.5 Å². The number of ether oxygens (including phenoxy) is 1. The summed E-state index contributed by atoms with van der Waals surface area (Å²) in [6.07, 6.45) is 1.20. The fraction of sp³-hybridized carbons (Fsp3) is 0.611. The molecule has 1 atom stereocenters. The summed E-state index contributed by atoms with van der Waals surface area (Å²) >= 11 is 14.3. The lowest BCUT2D eigenvalue weighted by Gasteiger charge is -2.43. The molecule has 27 heavy (non-hydrogen) atoms. The van der Waals surface area contributed by atoms with Crippen molar-refractivity contribution in [1.29, 1.82) is 0 Å². The van der Waals surface area contributed by atoms with E-state index in [9.17, 15) is 0 Å². The van der Waals surface area contributed by atoms with Gasteiger partial charge in [0, 0.05) is 54.6 Å². The van der Waals surface area contributed by atoms with Crippen molar-refractivity contribution in [3.05, 3.63) is 33.8 Å². The van der Waals surface area contributed by atoms with Crippen LogP contribution in [0.2, 0.25) is 10.0 Å². The zero-order valence-corrected chi connectivity index (χ0v) is 20.1. The normalized spacial score (nSPS) is 23.7. The van der Waals surface area contributed by atoms with E-state index in [2.05, 4.69) is 20.5 Å². The molecule has 0 radical (unpaired) electrons. The average molecular weight is 545 g/mol. The number of halogens is 3. The Hall–Kier alpha value is 0.0700. The van der Waals surface area contributed by atoms with Crippen molar-refractivity contribution in [3.63, 3.8) is 0 Å². The molecule has 3 rings (SSSR count). The molecule has 1 unspecified atom stereocenters. The Morgan fingerprint density at radius 1 is 1.30 bits per heavy atom. The van der Waals surface area contributed by atoms with Gasteiger partial charge in [0.1, 0.15) is 0 Å². The molecule has 9 heteroatoms. The highest BCUT2D eigenvalue weighted by Crippen LogP contribution is 2.33. The predicted octanol–water partition coefficient (Wildman–Crippen LogP) is 3.48. The van der Waals surface area contributed by atoms with E-state index < -0.39 is 0 Å². The topological polar surface area (TPSA) is 48.9 Å². The first kappa shape index (κ1) is 23.3. The van der Waals surface area contributed by atoms with Crippen molar-refractivity contribution in [2.24, 2.45) is 4.99 Å². The first-order valence-electron chi connectivity index (χ1n) is 8.92. The van der Waals surface area contributed by atoms with Gasteiger partial charge in [-0.1, -0.05) is 29.3 Å². The van der Waals surface area contributed by atoms with Gasteiger partial charge in [0.25, 0.3) is 0 Å². The SMILES string of the molecule is CN=C(NCc1ccc(Cl)cc1Cl)NCC1(N2CCOCC2)CCSC1.I. The number of guanidine groups is 1. The number of nitrogens with zero attached hydrogens (tertiary/aromatic N) is 2. The highest BCUT2D eigenvalue weighted by molar-refractivity contribution is 14.0. The predicted molar refractivity (Wildman–Crippen MR) is 127 cm³/mol. The van der Waals surface area contributed by atoms with Crippen LogP contribution in [0.1, 0.15) is 12.0 Å². The number of nitrogens with one attached hydrogen (secondary N) is 2. The second-order valence-corrected chi connectivity index (χ2v) is 8.59. The monoisotopic (exact) mass is 544 g/mol. The summed E-state index contributed by atoms with van der Waals surface area (Å²) in [4.78, 5) is 6.95. The van der Waals surface area contributed by atoms with Crippen LogP contribution >= 0.6 is 58.9 Å². The van der Waals surface area contributed by atoms with Crippen molar-refractivity contribution in [2.75, 3.05) is 51.4 Å². The van der Waals surface area contributed by atoms with E-state index in [-0.39, 0.29) is 29.5 Å². The fourth-order valence-corrected chi connectivity index (χ4v) is 5.40. The van der Waals surface area contributed by atoms with Crippen LogP contribution in [0.5, 0.6) is 0 Å². The molecule has 0 saturated carbocycles. The van der Waals surface area contributed by atoms with Crippen LogP contribution in [0.4, 0.5) is 0 Å². The van der Waals surface area contributed by atoms with Crippen LogP contribution < -0.4 is 10.6 Å². The Morgan fingerprint density at radius 3 is 2.70 bits per heavy atom. The molecule has 152 valence electrons. The highest BCUT2D eigenvalue weighted by atomic mass is 127. The molecule has 2 heterocycles. The quantitative estimate of drug-likeness (QED) is 0.337. The Morgan fingerprint density at radius 2 is 2.07 bits per heavy atom. The summed E-state index contributed by atoms with van der Waals surface area (Å²) in [6.45, 7) is 5.16. The lowest BCUT2D eigenvalue weighted by molar-refractivity contribution is -0.0120. The number of hydrogen-bond acceptors (Lipinski definition) is 4. The molecule has 0 aliphatic carbocycles. The molecule has 1 aromatic carbocycles. The van der Waals surface area contributed by atoms with Gasteiger partial charge in [0.2, 0.25) is 0 Å². The van der Waals surface area contributed by atoms with Crippen molar-refractivity contribution < 1.29 is 4.74 Å². The first-order chi connectivity index (χ1) is 12.6. The van der Waals surface area contributed by atoms with E-state index in [1.807, 2.05) is 23.9 Å². The van der Waals surface area contributed by atoms with Gasteiger partial charge in [-0.05, 0) is 29.9 Å². The van der Waals surface area contributed by atoms with Crippen molar-refractivity contribution in [3.8, 4) is 0 Å². The molecule has 5 nitrogen and oxygen atoms in total. The number of morpholine rings is 1. The number of benzene rings is 1. The van der Waals surface area contributed by atoms with Crippen LogP contribution in [0, 0.1) is 0 Å². The van der Waals surface area contributed by atoms with Gasteiger partial charge in [0.15, 0.2) is 5.96 Å². The van der Waals surface area contributed by atoms with Crippen molar-refractivity contribution in [1.82, 2.24) is 15.5 Å². The van der Waals surface area contributed by atoms with E-state index in [0.29, 0.717) is 16.6 Å². The second-order valence-electron chi connectivity index (χ2n) is 6.64. The average Bonchev–Trinajstić information content (AvgIpc) is 3.14. The maximum Gasteiger partial charge on any atom is 0.191 e. The third-order valence-corrected chi connectivity index (χ3v) is 6.86.